The molecule has 1 saturated heterocycles. The van der Waals surface area contributed by atoms with Crippen LogP contribution in [0.5, 0.6) is 0 Å². The summed E-state index contributed by atoms with van der Waals surface area (Å²) in [5, 5.41) is 5.59. The van der Waals surface area contributed by atoms with Crippen molar-refractivity contribution in [3.05, 3.63) is 35.9 Å². The molecule has 1 heterocycles. The third-order valence-corrected chi connectivity index (χ3v) is 3.09. The maximum absolute atomic E-state index is 4.98. The van der Waals surface area contributed by atoms with E-state index < -0.39 is 0 Å². The van der Waals surface area contributed by atoms with E-state index in [2.05, 4.69) is 52.6 Å². The monoisotopic (exact) mass is 267 g/mol. The summed E-state index contributed by atoms with van der Waals surface area (Å²) in [6.07, 6.45) is 1.01. The van der Waals surface area contributed by atoms with Crippen LogP contribution in [-0.2, 0) is 6.42 Å². The van der Waals surface area contributed by atoms with Crippen LogP contribution in [0, 0.1) is 0 Å². The van der Waals surface area contributed by atoms with Crippen LogP contribution in [0.15, 0.2) is 30.3 Å². The van der Waals surface area contributed by atoms with Gasteiger partial charge in [-0.3, -0.25) is 0 Å². The molecule has 5 heteroatoms. The number of hydrogen-bond acceptors (Lipinski definition) is 3. The lowest BCUT2D eigenvalue weighted by Gasteiger charge is -2.36. The van der Waals surface area contributed by atoms with Gasteiger partial charge in [0.1, 0.15) is 4.32 Å². The van der Waals surface area contributed by atoms with Crippen molar-refractivity contribution in [2.45, 2.75) is 12.5 Å². The Hall–Kier alpha value is -0.620. The maximum atomic E-state index is 4.98. The second-order valence-corrected chi connectivity index (χ2v) is 5.32. The number of hydrazine groups is 1. The molecule has 2 rings (SSSR count). The van der Waals surface area contributed by atoms with Gasteiger partial charge in [0.05, 0.1) is 0 Å². The summed E-state index contributed by atoms with van der Waals surface area (Å²) in [6, 6.07) is 10.9. The van der Waals surface area contributed by atoms with Crippen LogP contribution in [-0.4, -0.2) is 35.0 Å². The van der Waals surface area contributed by atoms with E-state index >= 15 is 0 Å². The van der Waals surface area contributed by atoms with Gasteiger partial charge in [0.15, 0.2) is 0 Å². The van der Waals surface area contributed by atoms with E-state index in [1.54, 1.807) is 0 Å². The molecule has 0 aromatic heterocycles. The van der Waals surface area contributed by atoms with Crippen molar-refractivity contribution in [3.63, 3.8) is 0 Å². The van der Waals surface area contributed by atoms with E-state index in [4.69, 9.17) is 12.2 Å². The molecule has 0 amide bonds. The Bertz CT molecular complexity index is 369. The van der Waals surface area contributed by atoms with E-state index in [1.165, 1.54) is 5.56 Å². The van der Waals surface area contributed by atoms with Crippen molar-refractivity contribution in [1.29, 1.82) is 0 Å². The van der Waals surface area contributed by atoms with Crippen LogP contribution in [0.4, 0.5) is 0 Å². The molecule has 1 aliphatic heterocycles. The van der Waals surface area contributed by atoms with Crippen LogP contribution in [0.1, 0.15) is 5.56 Å². The lowest BCUT2D eigenvalue weighted by molar-refractivity contribution is 0.132. The second-order valence-electron chi connectivity index (χ2n) is 4.16. The molecular formula is C12H17N3S2. The molecule has 1 atom stereocenters. The predicted octanol–water partition coefficient (Wildman–Crippen LogP) is 1.22. The minimum atomic E-state index is 0.413. The highest BCUT2D eigenvalue weighted by atomic mass is 32.1. The molecule has 1 aliphatic rings. The minimum Gasteiger partial charge on any atom is -0.314 e. The molecule has 1 fully saturated rings. The van der Waals surface area contributed by atoms with Crippen molar-refractivity contribution >= 4 is 29.2 Å². The van der Waals surface area contributed by atoms with Crippen molar-refractivity contribution in [2.75, 3.05) is 19.6 Å². The first-order valence-corrected chi connectivity index (χ1v) is 6.62. The lowest BCUT2D eigenvalue weighted by Crippen LogP contribution is -2.58. The van der Waals surface area contributed by atoms with Gasteiger partial charge >= 0.3 is 0 Å². The van der Waals surface area contributed by atoms with Gasteiger partial charge in [0, 0.05) is 25.7 Å². The van der Waals surface area contributed by atoms with E-state index in [1.807, 2.05) is 6.07 Å². The quantitative estimate of drug-likeness (QED) is 0.567. The molecule has 0 saturated carbocycles. The Labute approximate surface area is 113 Å². The number of nitrogens with one attached hydrogen (secondary N) is 2. The molecule has 17 heavy (non-hydrogen) atoms. The first-order valence-electron chi connectivity index (χ1n) is 5.76. The molecule has 2 N–H and O–H groups in total. The van der Waals surface area contributed by atoms with Gasteiger partial charge in [-0.25, -0.2) is 5.01 Å². The first-order chi connectivity index (χ1) is 8.25. The number of rotatable bonds is 3. The maximum Gasteiger partial charge on any atom is 0.145 e. The highest BCUT2D eigenvalue weighted by Gasteiger charge is 2.22. The second kappa shape index (κ2) is 6.35. The topological polar surface area (TPSA) is 27.3 Å². The smallest absolute Gasteiger partial charge is 0.145 e. The zero-order valence-corrected chi connectivity index (χ0v) is 11.3. The highest BCUT2D eigenvalue weighted by molar-refractivity contribution is 8.11. The van der Waals surface area contributed by atoms with Crippen molar-refractivity contribution < 1.29 is 0 Å². The van der Waals surface area contributed by atoms with E-state index in [-0.39, 0.29) is 0 Å². The Kier molecular flexibility index (Phi) is 4.79. The molecule has 1 aromatic carbocycles. The average Bonchev–Trinajstić information content (AvgIpc) is 2.32. The van der Waals surface area contributed by atoms with E-state index in [0.717, 1.165) is 26.1 Å². The summed E-state index contributed by atoms with van der Waals surface area (Å²) in [6.45, 7) is 2.89. The van der Waals surface area contributed by atoms with Crippen LogP contribution >= 0.6 is 24.8 Å². The van der Waals surface area contributed by atoms with Gasteiger partial charge < -0.3 is 10.7 Å². The molecule has 0 radical (unpaired) electrons. The summed E-state index contributed by atoms with van der Waals surface area (Å²) in [5.41, 5.74) is 4.49. The standard InChI is InChI=1S/C12H17N3S2/c16-12(17)14-15-7-6-13-9-11(15)8-10-4-2-1-3-5-10/h1-5,11,13H,6-9H2,(H2,14,16,17). The van der Waals surface area contributed by atoms with Gasteiger partial charge in [-0.1, -0.05) is 42.5 Å². The zero-order chi connectivity index (χ0) is 12.1. The number of piperazine rings is 1. The summed E-state index contributed by atoms with van der Waals surface area (Å²) < 4.78 is 0.532. The SMILES string of the molecule is S=C(S)NN1CCNCC1Cc1ccccc1. The van der Waals surface area contributed by atoms with Gasteiger partial charge in [0.25, 0.3) is 0 Å². The van der Waals surface area contributed by atoms with Crippen LogP contribution in [0.25, 0.3) is 0 Å². The molecule has 92 valence electrons. The lowest BCUT2D eigenvalue weighted by atomic mass is 10.0. The Morgan fingerprint density at radius 1 is 1.47 bits per heavy atom. The van der Waals surface area contributed by atoms with Gasteiger partial charge in [-0.2, -0.15) is 0 Å². The molecular weight excluding hydrogens is 250 g/mol. The molecule has 0 spiro atoms. The summed E-state index contributed by atoms with van der Waals surface area (Å²) >= 11 is 9.12. The third kappa shape index (κ3) is 3.96. The summed E-state index contributed by atoms with van der Waals surface area (Å²) in [4.78, 5) is 0. The molecule has 3 nitrogen and oxygen atoms in total. The highest BCUT2D eigenvalue weighted by Crippen LogP contribution is 2.09. The first kappa shape index (κ1) is 12.8. The number of benzene rings is 1. The number of hydrogen-bond donors (Lipinski definition) is 3. The molecule has 1 aromatic rings. The molecule has 1 unspecified atom stereocenters. The van der Waals surface area contributed by atoms with Gasteiger partial charge in [-0.15, -0.1) is 12.6 Å². The number of thiol groups is 1. The Morgan fingerprint density at radius 2 is 2.24 bits per heavy atom. The number of thiocarbonyl (C=S) groups is 1. The van der Waals surface area contributed by atoms with E-state index in [0.29, 0.717) is 10.4 Å². The normalized spacial score (nSPS) is 21.1. The zero-order valence-electron chi connectivity index (χ0n) is 9.60. The molecule has 0 bridgehead atoms. The molecule has 0 aliphatic carbocycles. The van der Waals surface area contributed by atoms with Crippen LogP contribution < -0.4 is 10.7 Å². The van der Waals surface area contributed by atoms with Crippen molar-refractivity contribution in [1.82, 2.24) is 15.8 Å². The Balaban J connectivity index is 1.99. The fourth-order valence-electron chi connectivity index (χ4n) is 2.10. The average molecular weight is 267 g/mol. The largest absolute Gasteiger partial charge is 0.314 e. The van der Waals surface area contributed by atoms with Crippen molar-refractivity contribution in [2.24, 2.45) is 0 Å². The summed E-state index contributed by atoms with van der Waals surface area (Å²) in [5.74, 6) is 0. The number of nitrogens with zero attached hydrogens (tertiary/aromatic N) is 1. The fourth-order valence-corrected chi connectivity index (χ4v) is 2.35. The fraction of sp³-hybridized carbons (Fsp3) is 0.417. The van der Waals surface area contributed by atoms with Gasteiger partial charge in [0.2, 0.25) is 0 Å². The predicted molar refractivity (Wildman–Crippen MR) is 78.2 cm³/mol. The van der Waals surface area contributed by atoms with Gasteiger partial charge in [-0.05, 0) is 12.0 Å². The third-order valence-electron chi connectivity index (χ3n) is 2.90. The van der Waals surface area contributed by atoms with Crippen LogP contribution in [0.3, 0.4) is 0 Å². The summed E-state index contributed by atoms with van der Waals surface area (Å²) in [7, 11) is 0. The minimum absolute atomic E-state index is 0.413. The van der Waals surface area contributed by atoms with Crippen molar-refractivity contribution in [3.8, 4) is 0 Å². The van der Waals surface area contributed by atoms with Crippen LogP contribution in [0.2, 0.25) is 0 Å². The Morgan fingerprint density at radius 3 is 2.94 bits per heavy atom. The van der Waals surface area contributed by atoms with E-state index in [9.17, 15) is 0 Å².